The zero-order valence-corrected chi connectivity index (χ0v) is 15.7. The van der Waals surface area contributed by atoms with E-state index in [2.05, 4.69) is 20.8 Å². The van der Waals surface area contributed by atoms with Crippen molar-refractivity contribution in [1.29, 1.82) is 0 Å². The van der Waals surface area contributed by atoms with Gasteiger partial charge >= 0.3 is 0 Å². The molecular weight excluding hydrogens is 378 g/mol. The number of thioether (sulfide) groups is 1. The number of aromatic nitrogens is 4. The van der Waals surface area contributed by atoms with Gasteiger partial charge in [-0.3, -0.25) is 4.79 Å². The van der Waals surface area contributed by atoms with Gasteiger partial charge in [0, 0.05) is 11.8 Å². The fourth-order valence-electron chi connectivity index (χ4n) is 3.31. The lowest BCUT2D eigenvalue weighted by Gasteiger charge is -2.19. The summed E-state index contributed by atoms with van der Waals surface area (Å²) < 4.78 is 12.8. The molecule has 0 bridgehead atoms. The number of fused-ring (bicyclic) bond motifs is 2. The van der Waals surface area contributed by atoms with Crippen LogP contribution in [0.3, 0.4) is 0 Å². The topological polar surface area (TPSA) is 91.2 Å². The molecule has 1 amide bonds. The van der Waals surface area contributed by atoms with E-state index >= 15 is 0 Å². The molecule has 0 radical (unpaired) electrons. The van der Waals surface area contributed by atoms with Gasteiger partial charge in [-0.05, 0) is 47.0 Å². The van der Waals surface area contributed by atoms with E-state index in [1.165, 1.54) is 11.8 Å². The highest BCUT2D eigenvalue weighted by molar-refractivity contribution is 8.00. The second-order valence-electron chi connectivity index (χ2n) is 6.49. The largest absolute Gasteiger partial charge is 0.486 e. The lowest BCUT2D eigenvalue weighted by atomic mass is 10.1. The highest BCUT2D eigenvalue weighted by atomic mass is 32.2. The molecule has 0 unspecified atom stereocenters. The number of rotatable bonds is 3. The SMILES string of the molecule is O=C1Nc2ccccc2CC[C@@H]1Sc1nnnn1-c1ccc2c(c1)OCCO2. The summed E-state index contributed by atoms with van der Waals surface area (Å²) in [6, 6.07) is 13.4. The summed E-state index contributed by atoms with van der Waals surface area (Å²) in [5.74, 6) is 1.34. The molecule has 5 rings (SSSR count). The Kier molecular flexibility index (Phi) is 4.36. The van der Waals surface area contributed by atoms with Crippen molar-refractivity contribution in [3.8, 4) is 17.2 Å². The van der Waals surface area contributed by atoms with Crippen molar-refractivity contribution in [3.63, 3.8) is 0 Å². The van der Waals surface area contributed by atoms with Gasteiger partial charge in [-0.25, -0.2) is 0 Å². The maximum Gasteiger partial charge on any atom is 0.237 e. The van der Waals surface area contributed by atoms with E-state index in [-0.39, 0.29) is 11.2 Å². The molecular formula is C19H17N5O3S. The first-order valence-electron chi connectivity index (χ1n) is 9.02. The van der Waals surface area contributed by atoms with Crippen LogP contribution in [-0.4, -0.2) is 44.6 Å². The Morgan fingerprint density at radius 2 is 1.96 bits per heavy atom. The number of benzene rings is 2. The Morgan fingerprint density at radius 1 is 1.11 bits per heavy atom. The first kappa shape index (κ1) is 17.1. The standard InChI is InChI=1S/C19H17N5O3S/c25-18-17(8-5-12-3-1-2-4-14(12)20-18)28-19-21-22-23-24(19)13-6-7-15-16(11-13)27-10-9-26-15/h1-4,6-7,11,17H,5,8-10H2,(H,20,25)/t17-/m0/s1. The molecule has 0 aliphatic carbocycles. The lowest BCUT2D eigenvalue weighted by molar-refractivity contribution is -0.115. The zero-order chi connectivity index (χ0) is 18.9. The highest BCUT2D eigenvalue weighted by Crippen LogP contribution is 2.34. The molecule has 1 aromatic heterocycles. The van der Waals surface area contributed by atoms with E-state index in [0.29, 0.717) is 36.3 Å². The number of para-hydroxylation sites is 1. The van der Waals surface area contributed by atoms with Crippen LogP contribution in [-0.2, 0) is 11.2 Å². The number of tetrazole rings is 1. The summed E-state index contributed by atoms with van der Waals surface area (Å²) in [7, 11) is 0. The highest BCUT2D eigenvalue weighted by Gasteiger charge is 2.27. The third kappa shape index (κ3) is 3.18. The number of ether oxygens (including phenoxy) is 2. The third-order valence-electron chi connectivity index (χ3n) is 4.70. The van der Waals surface area contributed by atoms with Gasteiger partial charge in [-0.2, -0.15) is 4.68 Å². The van der Waals surface area contributed by atoms with Crippen LogP contribution >= 0.6 is 11.8 Å². The van der Waals surface area contributed by atoms with E-state index in [1.54, 1.807) is 4.68 Å². The quantitative estimate of drug-likeness (QED) is 0.728. The van der Waals surface area contributed by atoms with Gasteiger partial charge in [0.15, 0.2) is 11.5 Å². The Labute approximate surface area is 165 Å². The van der Waals surface area contributed by atoms with E-state index in [9.17, 15) is 4.79 Å². The minimum Gasteiger partial charge on any atom is -0.486 e. The number of anilines is 1. The summed E-state index contributed by atoms with van der Waals surface area (Å²) >= 11 is 1.36. The van der Waals surface area contributed by atoms with Gasteiger partial charge in [0.2, 0.25) is 11.1 Å². The molecule has 2 aliphatic rings. The molecule has 0 saturated carbocycles. The van der Waals surface area contributed by atoms with E-state index in [1.807, 2.05) is 42.5 Å². The summed E-state index contributed by atoms with van der Waals surface area (Å²) in [6.45, 7) is 1.05. The lowest BCUT2D eigenvalue weighted by Crippen LogP contribution is -2.24. The molecule has 3 heterocycles. The number of carbonyl (C=O) groups is 1. The summed E-state index contributed by atoms with van der Waals surface area (Å²) in [5, 5.41) is 15.3. The second kappa shape index (κ2) is 7.16. The van der Waals surface area contributed by atoms with Gasteiger partial charge in [0.25, 0.3) is 0 Å². The van der Waals surface area contributed by atoms with Gasteiger partial charge in [0.1, 0.15) is 13.2 Å². The van der Waals surface area contributed by atoms with Crippen LogP contribution in [0.25, 0.3) is 5.69 Å². The van der Waals surface area contributed by atoms with Crippen LogP contribution < -0.4 is 14.8 Å². The van der Waals surface area contributed by atoms with Crippen LogP contribution in [0.1, 0.15) is 12.0 Å². The van der Waals surface area contributed by atoms with Crippen molar-refractivity contribution in [2.45, 2.75) is 23.2 Å². The minimum atomic E-state index is -0.283. The van der Waals surface area contributed by atoms with Crippen molar-refractivity contribution in [2.24, 2.45) is 0 Å². The van der Waals surface area contributed by atoms with E-state index in [0.717, 1.165) is 23.4 Å². The Hall–Kier alpha value is -3.07. The average Bonchev–Trinajstić information content (AvgIpc) is 3.13. The Morgan fingerprint density at radius 3 is 2.89 bits per heavy atom. The number of amides is 1. The molecule has 2 aliphatic heterocycles. The maximum atomic E-state index is 12.7. The van der Waals surface area contributed by atoms with Gasteiger partial charge < -0.3 is 14.8 Å². The Bertz CT molecular complexity index is 1040. The minimum absolute atomic E-state index is 0.0355. The molecule has 2 aromatic carbocycles. The molecule has 0 fully saturated rings. The normalized spacial score (nSPS) is 18.1. The monoisotopic (exact) mass is 395 g/mol. The third-order valence-corrected chi connectivity index (χ3v) is 5.90. The molecule has 0 spiro atoms. The summed E-state index contributed by atoms with van der Waals surface area (Å²) in [4.78, 5) is 12.7. The molecule has 9 heteroatoms. The number of nitrogens with one attached hydrogen (secondary N) is 1. The predicted octanol–water partition coefficient (Wildman–Crippen LogP) is 2.48. The number of hydrogen-bond donors (Lipinski definition) is 1. The fraction of sp³-hybridized carbons (Fsp3) is 0.263. The molecule has 1 atom stereocenters. The predicted molar refractivity (Wildman–Crippen MR) is 103 cm³/mol. The zero-order valence-electron chi connectivity index (χ0n) is 14.9. The molecule has 0 saturated heterocycles. The van der Waals surface area contributed by atoms with Crippen LogP contribution in [0.2, 0.25) is 0 Å². The maximum absolute atomic E-state index is 12.7. The van der Waals surface area contributed by atoms with E-state index < -0.39 is 0 Å². The van der Waals surface area contributed by atoms with Gasteiger partial charge in [-0.1, -0.05) is 30.0 Å². The molecule has 3 aromatic rings. The number of nitrogens with zero attached hydrogens (tertiary/aromatic N) is 4. The molecule has 28 heavy (non-hydrogen) atoms. The Balaban J connectivity index is 1.39. The van der Waals surface area contributed by atoms with Crippen molar-refractivity contribution < 1.29 is 14.3 Å². The smallest absolute Gasteiger partial charge is 0.237 e. The van der Waals surface area contributed by atoms with Crippen molar-refractivity contribution in [3.05, 3.63) is 48.0 Å². The van der Waals surface area contributed by atoms with Crippen LogP contribution in [0.5, 0.6) is 11.5 Å². The second-order valence-corrected chi connectivity index (χ2v) is 7.66. The summed E-state index contributed by atoms with van der Waals surface area (Å²) in [5.41, 5.74) is 2.78. The van der Waals surface area contributed by atoms with Crippen LogP contribution in [0.4, 0.5) is 5.69 Å². The van der Waals surface area contributed by atoms with Crippen molar-refractivity contribution in [1.82, 2.24) is 20.2 Å². The van der Waals surface area contributed by atoms with Gasteiger partial charge in [-0.15, -0.1) is 5.10 Å². The van der Waals surface area contributed by atoms with Crippen molar-refractivity contribution >= 4 is 23.4 Å². The number of aryl methyl sites for hydroxylation is 1. The fourth-order valence-corrected chi connectivity index (χ4v) is 4.29. The molecule has 142 valence electrons. The first-order chi connectivity index (χ1) is 13.8. The first-order valence-corrected chi connectivity index (χ1v) is 9.90. The number of carbonyl (C=O) groups excluding carboxylic acids is 1. The van der Waals surface area contributed by atoms with E-state index in [4.69, 9.17) is 9.47 Å². The summed E-state index contributed by atoms with van der Waals surface area (Å²) in [6.07, 6.45) is 1.53. The molecule has 8 nitrogen and oxygen atoms in total. The average molecular weight is 395 g/mol. The number of hydrogen-bond acceptors (Lipinski definition) is 7. The van der Waals surface area contributed by atoms with Crippen LogP contribution in [0, 0.1) is 0 Å². The van der Waals surface area contributed by atoms with Crippen LogP contribution in [0.15, 0.2) is 47.6 Å². The molecule has 1 N–H and O–H groups in total. The van der Waals surface area contributed by atoms with Crippen molar-refractivity contribution in [2.75, 3.05) is 18.5 Å². The van der Waals surface area contributed by atoms with Gasteiger partial charge in [0.05, 0.1) is 10.9 Å².